The van der Waals surface area contributed by atoms with Crippen LogP contribution in [0.25, 0.3) is 0 Å². The molecule has 90 valence electrons. The van der Waals surface area contributed by atoms with Crippen LogP contribution in [0.15, 0.2) is 12.3 Å². The van der Waals surface area contributed by atoms with Gasteiger partial charge in [-0.2, -0.15) is 18.4 Å². The molecule has 0 aliphatic heterocycles. The zero-order chi connectivity index (χ0) is 13.1. The number of halogens is 3. The fourth-order valence-electron chi connectivity index (χ4n) is 1.10. The molecule has 0 bridgehead atoms. The summed E-state index contributed by atoms with van der Waals surface area (Å²) in [6.45, 7) is 1.41. The van der Waals surface area contributed by atoms with E-state index in [2.05, 4.69) is 9.72 Å². The topological polar surface area (TPSA) is 63.0 Å². The van der Waals surface area contributed by atoms with Crippen molar-refractivity contribution in [3.8, 4) is 6.07 Å². The average molecular weight is 244 g/mol. The van der Waals surface area contributed by atoms with Crippen LogP contribution < -0.4 is 0 Å². The molecular formula is C10H7F3N2O2. The number of rotatable bonds is 2. The van der Waals surface area contributed by atoms with Gasteiger partial charge in [-0.1, -0.05) is 0 Å². The molecule has 0 spiro atoms. The second kappa shape index (κ2) is 4.82. The van der Waals surface area contributed by atoms with Gasteiger partial charge >= 0.3 is 12.1 Å². The van der Waals surface area contributed by atoms with Crippen LogP contribution in [-0.2, 0) is 10.9 Å². The second-order valence-corrected chi connectivity index (χ2v) is 2.95. The Morgan fingerprint density at radius 1 is 1.59 bits per heavy atom. The first-order valence-corrected chi connectivity index (χ1v) is 4.54. The SMILES string of the molecule is CCOC(=O)c1ncc(C#N)cc1C(F)(F)F. The van der Waals surface area contributed by atoms with Gasteiger partial charge in [0.15, 0.2) is 5.69 Å². The van der Waals surface area contributed by atoms with Crippen molar-refractivity contribution in [2.45, 2.75) is 13.1 Å². The summed E-state index contributed by atoms with van der Waals surface area (Å²) in [4.78, 5) is 14.6. The van der Waals surface area contributed by atoms with Crippen molar-refractivity contribution in [3.05, 3.63) is 29.1 Å². The number of hydrogen-bond acceptors (Lipinski definition) is 4. The molecule has 0 saturated heterocycles. The van der Waals surface area contributed by atoms with Gasteiger partial charge in [0.1, 0.15) is 6.07 Å². The van der Waals surface area contributed by atoms with E-state index in [0.717, 1.165) is 6.20 Å². The molecule has 0 radical (unpaired) electrons. The third-order valence-corrected chi connectivity index (χ3v) is 1.79. The molecule has 0 fully saturated rings. The van der Waals surface area contributed by atoms with E-state index in [-0.39, 0.29) is 12.2 Å². The lowest BCUT2D eigenvalue weighted by atomic mass is 10.1. The largest absolute Gasteiger partial charge is 0.461 e. The maximum Gasteiger partial charge on any atom is 0.418 e. The molecular weight excluding hydrogens is 237 g/mol. The summed E-state index contributed by atoms with van der Waals surface area (Å²) in [5, 5.41) is 8.49. The van der Waals surface area contributed by atoms with Crippen molar-refractivity contribution in [2.24, 2.45) is 0 Å². The summed E-state index contributed by atoms with van der Waals surface area (Å²) >= 11 is 0. The van der Waals surface area contributed by atoms with Crippen LogP contribution in [0.1, 0.15) is 28.5 Å². The minimum Gasteiger partial charge on any atom is -0.461 e. The van der Waals surface area contributed by atoms with Crippen LogP contribution in [-0.4, -0.2) is 17.6 Å². The fourth-order valence-corrected chi connectivity index (χ4v) is 1.10. The van der Waals surface area contributed by atoms with Gasteiger partial charge in [0.2, 0.25) is 0 Å². The van der Waals surface area contributed by atoms with Crippen LogP contribution >= 0.6 is 0 Å². The Bertz CT molecular complexity index is 477. The van der Waals surface area contributed by atoms with Gasteiger partial charge in [0.25, 0.3) is 0 Å². The highest BCUT2D eigenvalue weighted by molar-refractivity contribution is 5.89. The fraction of sp³-hybridized carbons (Fsp3) is 0.300. The van der Waals surface area contributed by atoms with Crippen molar-refractivity contribution in [2.75, 3.05) is 6.61 Å². The van der Waals surface area contributed by atoms with Gasteiger partial charge in [-0.25, -0.2) is 9.78 Å². The molecule has 0 N–H and O–H groups in total. The average Bonchev–Trinajstić information content (AvgIpc) is 2.27. The maximum absolute atomic E-state index is 12.6. The third kappa shape index (κ3) is 2.93. The number of hydrogen-bond donors (Lipinski definition) is 0. The van der Waals surface area contributed by atoms with E-state index >= 15 is 0 Å². The van der Waals surface area contributed by atoms with Gasteiger partial charge in [-0.05, 0) is 13.0 Å². The van der Waals surface area contributed by atoms with E-state index in [1.165, 1.54) is 13.0 Å². The highest BCUT2D eigenvalue weighted by Gasteiger charge is 2.37. The highest BCUT2D eigenvalue weighted by Crippen LogP contribution is 2.32. The number of aromatic nitrogens is 1. The van der Waals surface area contributed by atoms with Crippen LogP contribution in [0.2, 0.25) is 0 Å². The Morgan fingerprint density at radius 3 is 2.71 bits per heavy atom. The van der Waals surface area contributed by atoms with Crippen molar-refractivity contribution in [3.63, 3.8) is 0 Å². The van der Waals surface area contributed by atoms with E-state index in [4.69, 9.17) is 5.26 Å². The molecule has 0 aliphatic rings. The Morgan fingerprint density at radius 2 is 2.24 bits per heavy atom. The monoisotopic (exact) mass is 244 g/mol. The Balaban J connectivity index is 3.31. The quantitative estimate of drug-likeness (QED) is 0.748. The molecule has 0 saturated carbocycles. The lowest BCUT2D eigenvalue weighted by molar-refractivity contribution is -0.138. The van der Waals surface area contributed by atoms with Crippen molar-refractivity contribution in [1.82, 2.24) is 4.98 Å². The Labute approximate surface area is 94.6 Å². The van der Waals surface area contributed by atoms with E-state index in [1.54, 1.807) is 0 Å². The molecule has 1 aromatic rings. The lowest BCUT2D eigenvalue weighted by Gasteiger charge is -2.10. The second-order valence-electron chi connectivity index (χ2n) is 2.95. The molecule has 17 heavy (non-hydrogen) atoms. The van der Waals surface area contributed by atoms with Crippen molar-refractivity contribution < 1.29 is 22.7 Å². The molecule has 0 amide bonds. The Kier molecular flexibility index (Phi) is 3.68. The molecule has 1 aromatic heterocycles. The van der Waals surface area contributed by atoms with Crippen molar-refractivity contribution in [1.29, 1.82) is 5.26 Å². The first-order valence-electron chi connectivity index (χ1n) is 4.54. The minimum atomic E-state index is -4.76. The Hall–Kier alpha value is -2.10. The van der Waals surface area contributed by atoms with Crippen LogP contribution in [0.5, 0.6) is 0 Å². The van der Waals surface area contributed by atoms with E-state index in [0.29, 0.717) is 6.07 Å². The number of alkyl halides is 3. The predicted molar refractivity (Wildman–Crippen MR) is 49.9 cm³/mol. The van der Waals surface area contributed by atoms with E-state index in [9.17, 15) is 18.0 Å². The van der Waals surface area contributed by atoms with Crippen molar-refractivity contribution >= 4 is 5.97 Å². The standard InChI is InChI=1S/C10H7F3N2O2/c1-2-17-9(16)8-7(10(11,12)13)3-6(4-14)5-15-8/h3,5H,2H2,1H3. The molecule has 1 rings (SSSR count). The van der Waals surface area contributed by atoms with Gasteiger partial charge in [-0.3, -0.25) is 0 Å². The molecule has 0 atom stereocenters. The molecule has 7 heteroatoms. The number of nitrogens with zero attached hydrogens (tertiary/aromatic N) is 2. The van der Waals surface area contributed by atoms with E-state index < -0.39 is 23.4 Å². The molecule has 0 unspecified atom stereocenters. The number of esters is 1. The number of carbonyl (C=O) groups is 1. The summed E-state index contributed by atoms with van der Waals surface area (Å²) < 4.78 is 42.3. The summed E-state index contributed by atoms with van der Waals surface area (Å²) in [7, 11) is 0. The highest BCUT2D eigenvalue weighted by atomic mass is 19.4. The number of ether oxygens (including phenoxy) is 1. The lowest BCUT2D eigenvalue weighted by Crippen LogP contribution is -2.17. The number of pyridine rings is 1. The predicted octanol–water partition coefficient (Wildman–Crippen LogP) is 2.15. The summed E-state index contributed by atoms with van der Waals surface area (Å²) in [6, 6.07) is 2.09. The van der Waals surface area contributed by atoms with Crippen LogP contribution in [0.4, 0.5) is 13.2 Å². The third-order valence-electron chi connectivity index (χ3n) is 1.79. The maximum atomic E-state index is 12.6. The van der Waals surface area contributed by atoms with Gasteiger partial charge in [0.05, 0.1) is 17.7 Å². The molecule has 0 aliphatic carbocycles. The summed E-state index contributed by atoms with van der Waals surface area (Å²) in [5.74, 6) is -1.16. The first-order chi connectivity index (χ1) is 7.90. The number of nitriles is 1. The van der Waals surface area contributed by atoms with Crippen LogP contribution in [0, 0.1) is 11.3 Å². The van der Waals surface area contributed by atoms with Crippen LogP contribution in [0.3, 0.4) is 0 Å². The van der Waals surface area contributed by atoms with Gasteiger partial charge < -0.3 is 4.74 Å². The number of carbonyl (C=O) groups excluding carboxylic acids is 1. The van der Waals surface area contributed by atoms with Gasteiger partial charge in [0, 0.05) is 6.20 Å². The minimum absolute atomic E-state index is 0.0577. The normalized spacial score (nSPS) is 10.8. The van der Waals surface area contributed by atoms with E-state index in [1.807, 2.05) is 0 Å². The summed E-state index contributed by atoms with van der Waals surface area (Å²) in [6.07, 6.45) is -3.87. The smallest absolute Gasteiger partial charge is 0.418 e. The zero-order valence-corrected chi connectivity index (χ0v) is 8.71. The molecule has 4 nitrogen and oxygen atoms in total. The van der Waals surface area contributed by atoms with Gasteiger partial charge in [-0.15, -0.1) is 0 Å². The first kappa shape index (κ1) is 13.0. The molecule has 0 aromatic carbocycles. The zero-order valence-electron chi connectivity index (χ0n) is 8.71. The molecule has 1 heterocycles. The summed E-state index contributed by atoms with van der Waals surface area (Å²) in [5.41, 5.74) is -2.38.